The maximum Gasteiger partial charge on any atom is 0.0740 e. The second kappa shape index (κ2) is 4.09. The van der Waals surface area contributed by atoms with Gasteiger partial charge in [0.25, 0.3) is 0 Å². The van der Waals surface area contributed by atoms with Crippen molar-refractivity contribution >= 4 is 26.8 Å². The van der Waals surface area contributed by atoms with Crippen LogP contribution in [0.3, 0.4) is 0 Å². The van der Waals surface area contributed by atoms with Gasteiger partial charge in [-0.25, -0.2) is 0 Å². The lowest BCUT2D eigenvalue weighted by Crippen LogP contribution is -1.99. The summed E-state index contributed by atoms with van der Waals surface area (Å²) in [4.78, 5) is 4.90. The highest BCUT2D eigenvalue weighted by Crippen LogP contribution is 2.33. The highest BCUT2D eigenvalue weighted by molar-refractivity contribution is 9.08. The zero-order valence-electron chi connectivity index (χ0n) is 10.3. The number of hydrogen-bond donors (Lipinski definition) is 0. The summed E-state index contributed by atoms with van der Waals surface area (Å²) in [6, 6.07) is 4.45. The Morgan fingerprint density at radius 1 is 1.24 bits per heavy atom. The first-order chi connectivity index (χ1) is 8.22. The van der Waals surface area contributed by atoms with E-state index in [9.17, 15) is 0 Å². The highest BCUT2D eigenvalue weighted by Gasteiger charge is 2.19. The van der Waals surface area contributed by atoms with E-state index >= 15 is 0 Å². The van der Waals surface area contributed by atoms with E-state index in [0.717, 1.165) is 11.8 Å². The summed E-state index contributed by atoms with van der Waals surface area (Å²) >= 11 is 3.65. The minimum absolute atomic E-state index is 0.941. The fourth-order valence-electron chi connectivity index (χ4n) is 2.82. The number of fused-ring (bicyclic) bond motifs is 2. The molecule has 1 aliphatic carbocycles. The SMILES string of the molecule is Cc1ccc2c(CBr)c3c(nc2c1C)CCC3. The number of alkyl halides is 1. The van der Waals surface area contributed by atoms with Gasteiger partial charge in [0.2, 0.25) is 0 Å². The number of pyridine rings is 1. The number of rotatable bonds is 1. The lowest BCUT2D eigenvalue weighted by molar-refractivity contribution is 0.899. The predicted molar refractivity (Wildman–Crippen MR) is 75.9 cm³/mol. The fraction of sp³-hybridized carbons (Fsp3) is 0.400. The molecule has 1 aromatic heterocycles. The molecule has 2 aromatic rings. The Balaban J connectivity index is 2.44. The van der Waals surface area contributed by atoms with Crippen LogP contribution in [-0.4, -0.2) is 4.98 Å². The first-order valence-electron chi connectivity index (χ1n) is 6.19. The van der Waals surface area contributed by atoms with Crippen LogP contribution < -0.4 is 0 Å². The van der Waals surface area contributed by atoms with Crippen LogP contribution in [0.15, 0.2) is 12.1 Å². The average molecular weight is 290 g/mol. The Labute approximate surface area is 110 Å². The van der Waals surface area contributed by atoms with Gasteiger partial charge in [-0.05, 0) is 55.4 Å². The molecule has 0 radical (unpaired) electrons. The van der Waals surface area contributed by atoms with Crippen molar-refractivity contribution in [2.75, 3.05) is 0 Å². The molecule has 0 saturated heterocycles. The maximum atomic E-state index is 4.90. The number of aromatic nitrogens is 1. The smallest absolute Gasteiger partial charge is 0.0740 e. The van der Waals surface area contributed by atoms with E-state index in [2.05, 4.69) is 41.9 Å². The molecular formula is C15H16BrN. The normalized spacial score (nSPS) is 14.3. The predicted octanol–water partition coefficient (Wildman–Crippen LogP) is 4.24. The Morgan fingerprint density at radius 2 is 2.06 bits per heavy atom. The van der Waals surface area contributed by atoms with Crippen molar-refractivity contribution in [2.45, 2.75) is 38.4 Å². The van der Waals surface area contributed by atoms with Gasteiger partial charge in [-0.3, -0.25) is 4.98 Å². The van der Waals surface area contributed by atoms with E-state index in [1.807, 2.05) is 0 Å². The summed E-state index contributed by atoms with van der Waals surface area (Å²) in [6.45, 7) is 4.35. The number of nitrogens with zero attached hydrogens (tertiary/aromatic N) is 1. The molecule has 1 nitrogen and oxygen atoms in total. The monoisotopic (exact) mass is 289 g/mol. The summed E-state index contributed by atoms with van der Waals surface area (Å²) in [5.41, 5.74) is 8.17. The Bertz CT molecular complexity index is 602. The lowest BCUT2D eigenvalue weighted by Gasteiger charge is -2.13. The van der Waals surface area contributed by atoms with E-state index in [1.54, 1.807) is 0 Å². The van der Waals surface area contributed by atoms with Gasteiger partial charge in [0, 0.05) is 16.4 Å². The van der Waals surface area contributed by atoms with Crippen molar-refractivity contribution in [1.82, 2.24) is 4.98 Å². The van der Waals surface area contributed by atoms with Gasteiger partial charge in [-0.15, -0.1) is 0 Å². The molecule has 0 amide bonds. The van der Waals surface area contributed by atoms with Crippen molar-refractivity contribution in [2.24, 2.45) is 0 Å². The third-order valence-corrected chi connectivity index (χ3v) is 4.52. The van der Waals surface area contributed by atoms with Gasteiger partial charge in [0.05, 0.1) is 5.52 Å². The third kappa shape index (κ3) is 1.61. The van der Waals surface area contributed by atoms with Crippen LogP contribution in [0.1, 0.15) is 34.4 Å². The van der Waals surface area contributed by atoms with Crippen LogP contribution in [-0.2, 0) is 18.2 Å². The molecule has 1 aromatic carbocycles. The van der Waals surface area contributed by atoms with Crippen molar-refractivity contribution in [3.05, 3.63) is 40.1 Å². The molecule has 0 N–H and O–H groups in total. The van der Waals surface area contributed by atoms with Crippen molar-refractivity contribution < 1.29 is 0 Å². The van der Waals surface area contributed by atoms with Gasteiger partial charge < -0.3 is 0 Å². The first-order valence-corrected chi connectivity index (χ1v) is 7.31. The molecule has 0 unspecified atom stereocenters. The van der Waals surface area contributed by atoms with Crippen molar-refractivity contribution in [1.29, 1.82) is 0 Å². The van der Waals surface area contributed by atoms with Gasteiger partial charge in [0.1, 0.15) is 0 Å². The number of benzene rings is 1. The molecular weight excluding hydrogens is 274 g/mol. The second-order valence-electron chi connectivity index (χ2n) is 4.91. The van der Waals surface area contributed by atoms with Crippen LogP contribution in [0.5, 0.6) is 0 Å². The molecule has 0 bridgehead atoms. The lowest BCUT2D eigenvalue weighted by atomic mass is 9.98. The standard InChI is InChI=1S/C15H16BrN/c1-9-6-7-12-13(8-16)11-4-3-5-14(11)17-15(12)10(9)2/h6-7H,3-5,8H2,1-2H3. The molecule has 1 heterocycles. The summed E-state index contributed by atoms with van der Waals surface area (Å²) in [5.74, 6) is 0. The molecule has 1 aliphatic rings. The quantitative estimate of drug-likeness (QED) is 0.716. The third-order valence-electron chi connectivity index (χ3n) is 3.96. The molecule has 0 spiro atoms. The van der Waals surface area contributed by atoms with Gasteiger partial charge >= 0.3 is 0 Å². The van der Waals surface area contributed by atoms with Crippen LogP contribution in [0.25, 0.3) is 10.9 Å². The number of halogens is 1. The Kier molecular flexibility index (Phi) is 2.70. The van der Waals surface area contributed by atoms with E-state index in [1.165, 1.54) is 51.7 Å². The average Bonchev–Trinajstić information content (AvgIpc) is 2.79. The van der Waals surface area contributed by atoms with Gasteiger partial charge in [-0.2, -0.15) is 0 Å². The molecule has 0 fully saturated rings. The molecule has 0 atom stereocenters. The first kappa shape index (κ1) is 11.2. The minimum atomic E-state index is 0.941. The van der Waals surface area contributed by atoms with Crippen LogP contribution in [0, 0.1) is 13.8 Å². The molecule has 0 aliphatic heterocycles. The van der Waals surface area contributed by atoms with Crippen LogP contribution >= 0.6 is 15.9 Å². The van der Waals surface area contributed by atoms with E-state index < -0.39 is 0 Å². The summed E-state index contributed by atoms with van der Waals surface area (Å²) in [5, 5.41) is 2.28. The van der Waals surface area contributed by atoms with Crippen molar-refractivity contribution in [3.63, 3.8) is 0 Å². The maximum absolute atomic E-state index is 4.90. The van der Waals surface area contributed by atoms with E-state index in [0.29, 0.717) is 0 Å². The Hall–Kier alpha value is -0.890. The van der Waals surface area contributed by atoms with E-state index in [-0.39, 0.29) is 0 Å². The second-order valence-corrected chi connectivity index (χ2v) is 5.47. The molecule has 2 heteroatoms. The summed E-state index contributed by atoms with van der Waals surface area (Å²) < 4.78 is 0. The fourth-order valence-corrected chi connectivity index (χ4v) is 3.46. The summed E-state index contributed by atoms with van der Waals surface area (Å²) in [6.07, 6.45) is 3.61. The zero-order chi connectivity index (χ0) is 12.0. The molecule has 0 saturated carbocycles. The number of hydrogen-bond acceptors (Lipinski definition) is 1. The molecule has 3 rings (SSSR count). The van der Waals surface area contributed by atoms with Crippen LogP contribution in [0.4, 0.5) is 0 Å². The number of aryl methyl sites for hydroxylation is 3. The largest absolute Gasteiger partial charge is 0.252 e. The van der Waals surface area contributed by atoms with Gasteiger partial charge in [0.15, 0.2) is 0 Å². The molecule has 88 valence electrons. The topological polar surface area (TPSA) is 12.9 Å². The van der Waals surface area contributed by atoms with E-state index in [4.69, 9.17) is 4.98 Å². The van der Waals surface area contributed by atoms with Crippen LogP contribution in [0.2, 0.25) is 0 Å². The molecule has 17 heavy (non-hydrogen) atoms. The minimum Gasteiger partial charge on any atom is -0.252 e. The Morgan fingerprint density at radius 3 is 2.82 bits per heavy atom. The summed E-state index contributed by atoms with van der Waals surface area (Å²) in [7, 11) is 0. The van der Waals surface area contributed by atoms with Crippen molar-refractivity contribution in [3.8, 4) is 0 Å². The van der Waals surface area contributed by atoms with Gasteiger partial charge in [-0.1, -0.05) is 28.1 Å². The highest BCUT2D eigenvalue weighted by atomic mass is 79.9. The zero-order valence-corrected chi connectivity index (χ0v) is 11.9.